The van der Waals surface area contributed by atoms with Gasteiger partial charge in [0.2, 0.25) is 12.3 Å². The molecule has 2 amide bonds. The van der Waals surface area contributed by atoms with Gasteiger partial charge in [-0.05, 0) is 36.6 Å². The topological polar surface area (TPSA) is 114 Å². The highest BCUT2D eigenvalue weighted by Gasteiger charge is 2.41. The van der Waals surface area contributed by atoms with Crippen LogP contribution in [0, 0.1) is 0 Å². The number of carbonyl (C=O) groups is 4. The molecule has 1 heterocycles. The highest BCUT2D eigenvalue weighted by atomic mass is 16.5. The Labute approximate surface area is 192 Å². The minimum absolute atomic E-state index is 0.0845. The second kappa shape index (κ2) is 10.7. The normalized spacial score (nSPS) is 15.2. The molecule has 0 saturated carbocycles. The van der Waals surface area contributed by atoms with Crippen LogP contribution in [0.3, 0.4) is 0 Å². The predicted octanol–water partition coefficient (Wildman–Crippen LogP) is 1.98. The van der Waals surface area contributed by atoms with Crippen molar-refractivity contribution >= 4 is 29.9 Å². The molecular formula is C24H27N3O6. The van der Waals surface area contributed by atoms with Gasteiger partial charge in [0.25, 0.3) is 0 Å². The molecule has 0 unspecified atom stereocenters. The summed E-state index contributed by atoms with van der Waals surface area (Å²) in [6.45, 7) is 1.93. The van der Waals surface area contributed by atoms with Gasteiger partial charge in [0.1, 0.15) is 5.54 Å². The molecule has 0 atom stereocenters. The fourth-order valence-corrected chi connectivity index (χ4v) is 3.91. The summed E-state index contributed by atoms with van der Waals surface area (Å²) in [6.07, 6.45) is 1.28. The summed E-state index contributed by atoms with van der Waals surface area (Å²) >= 11 is 0. The summed E-state index contributed by atoms with van der Waals surface area (Å²) in [6, 6.07) is 14.2. The molecular weight excluding hydrogens is 426 g/mol. The summed E-state index contributed by atoms with van der Waals surface area (Å²) in [5, 5.41) is 5.40. The molecule has 1 fully saturated rings. The number of likely N-dealkylation sites (tertiary alicyclic amines) is 1. The first kappa shape index (κ1) is 23.9. The van der Waals surface area contributed by atoms with Gasteiger partial charge in [-0.3, -0.25) is 14.5 Å². The zero-order valence-electron chi connectivity index (χ0n) is 18.6. The van der Waals surface area contributed by atoms with Crippen molar-refractivity contribution in [2.45, 2.75) is 24.9 Å². The van der Waals surface area contributed by atoms with Crippen molar-refractivity contribution in [3.05, 3.63) is 65.2 Å². The average Bonchev–Trinajstić information content (AvgIpc) is 2.85. The lowest BCUT2D eigenvalue weighted by Gasteiger charge is -2.40. The third-order valence-electron chi connectivity index (χ3n) is 5.82. The molecule has 0 radical (unpaired) electrons. The standard InChI is InChI=1S/C24H27N3O6/c1-32-21(29)18-8-9-19(22(30)33-2)20(14-18)26-23(31)24(25-16-28)10-12-27(13-11-24)15-17-6-4-3-5-7-17/h3-9,14,16H,10-13,15H2,1-2H3,(H,25,28)(H,26,31). The summed E-state index contributed by atoms with van der Waals surface area (Å²) in [7, 11) is 2.46. The van der Waals surface area contributed by atoms with Crippen LogP contribution in [-0.2, 0) is 25.6 Å². The second-order valence-electron chi connectivity index (χ2n) is 7.80. The van der Waals surface area contributed by atoms with Crippen molar-refractivity contribution in [2.75, 3.05) is 32.6 Å². The number of hydrogen-bond acceptors (Lipinski definition) is 7. The number of anilines is 1. The van der Waals surface area contributed by atoms with Crippen LogP contribution in [0.15, 0.2) is 48.5 Å². The van der Waals surface area contributed by atoms with Crippen LogP contribution in [0.4, 0.5) is 5.69 Å². The van der Waals surface area contributed by atoms with E-state index in [0.29, 0.717) is 32.3 Å². The lowest BCUT2D eigenvalue weighted by Crippen LogP contribution is -2.59. The van der Waals surface area contributed by atoms with Crippen LogP contribution in [-0.4, -0.2) is 62.0 Å². The van der Waals surface area contributed by atoms with Crippen molar-refractivity contribution in [3.63, 3.8) is 0 Å². The molecule has 3 rings (SSSR count). The molecule has 0 aliphatic carbocycles. The quantitative estimate of drug-likeness (QED) is 0.464. The Hall–Kier alpha value is -3.72. The number of benzene rings is 2. The number of ether oxygens (including phenoxy) is 2. The maximum absolute atomic E-state index is 13.3. The van der Waals surface area contributed by atoms with E-state index in [4.69, 9.17) is 9.47 Å². The molecule has 9 heteroatoms. The van der Waals surface area contributed by atoms with E-state index in [1.54, 1.807) is 0 Å². The predicted molar refractivity (Wildman–Crippen MR) is 121 cm³/mol. The molecule has 33 heavy (non-hydrogen) atoms. The van der Waals surface area contributed by atoms with E-state index in [2.05, 4.69) is 15.5 Å². The van der Waals surface area contributed by atoms with E-state index in [-0.39, 0.29) is 16.8 Å². The fraction of sp³-hybridized carbons (Fsp3) is 0.333. The van der Waals surface area contributed by atoms with Crippen molar-refractivity contribution < 1.29 is 28.7 Å². The highest BCUT2D eigenvalue weighted by Crippen LogP contribution is 2.27. The van der Waals surface area contributed by atoms with E-state index in [1.165, 1.54) is 38.0 Å². The molecule has 1 aliphatic heterocycles. The van der Waals surface area contributed by atoms with Crippen molar-refractivity contribution in [1.29, 1.82) is 0 Å². The Morgan fingerprint density at radius 2 is 1.67 bits per heavy atom. The number of nitrogens with zero attached hydrogens (tertiary/aromatic N) is 1. The van der Waals surface area contributed by atoms with Crippen LogP contribution in [0.1, 0.15) is 39.1 Å². The first-order chi connectivity index (χ1) is 15.9. The fourth-order valence-electron chi connectivity index (χ4n) is 3.91. The van der Waals surface area contributed by atoms with Gasteiger partial charge in [0, 0.05) is 19.6 Å². The number of rotatable bonds is 8. The van der Waals surface area contributed by atoms with Crippen molar-refractivity contribution in [2.24, 2.45) is 0 Å². The lowest BCUT2D eigenvalue weighted by molar-refractivity contribution is -0.128. The van der Waals surface area contributed by atoms with Crippen LogP contribution in [0.25, 0.3) is 0 Å². The first-order valence-corrected chi connectivity index (χ1v) is 10.5. The van der Waals surface area contributed by atoms with Gasteiger partial charge >= 0.3 is 11.9 Å². The van der Waals surface area contributed by atoms with Gasteiger partial charge in [-0.25, -0.2) is 9.59 Å². The molecule has 1 saturated heterocycles. The molecule has 0 bridgehead atoms. The molecule has 1 aliphatic rings. The maximum atomic E-state index is 13.3. The molecule has 174 valence electrons. The average molecular weight is 453 g/mol. The van der Waals surface area contributed by atoms with Gasteiger partial charge in [-0.15, -0.1) is 0 Å². The van der Waals surface area contributed by atoms with Gasteiger partial charge < -0.3 is 20.1 Å². The third-order valence-corrected chi connectivity index (χ3v) is 5.82. The number of nitrogens with one attached hydrogen (secondary N) is 2. The van der Waals surface area contributed by atoms with Gasteiger partial charge in [-0.2, -0.15) is 0 Å². The Bertz CT molecular complexity index is 1020. The summed E-state index contributed by atoms with van der Waals surface area (Å²) in [5.74, 6) is -1.75. The summed E-state index contributed by atoms with van der Waals surface area (Å²) in [4.78, 5) is 51.1. The van der Waals surface area contributed by atoms with Gasteiger partial charge in [0.15, 0.2) is 0 Å². The number of carbonyl (C=O) groups excluding carboxylic acids is 4. The smallest absolute Gasteiger partial charge is 0.339 e. The first-order valence-electron chi connectivity index (χ1n) is 10.5. The zero-order valence-corrected chi connectivity index (χ0v) is 18.6. The van der Waals surface area contributed by atoms with Crippen molar-refractivity contribution in [1.82, 2.24) is 10.2 Å². The molecule has 2 aromatic carbocycles. The number of hydrogen-bond donors (Lipinski definition) is 2. The van der Waals surface area contributed by atoms with Crippen molar-refractivity contribution in [3.8, 4) is 0 Å². The number of methoxy groups -OCH3 is 2. The van der Waals surface area contributed by atoms with Crippen LogP contribution >= 0.6 is 0 Å². The van der Waals surface area contributed by atoms with E-state index >= 15 is 0 Å². The Morgan fingerprint density at radius 3 is 2.27 bits per heavy atom. The zero-order chi connectivity index (χ0) is 23.8. The Kier molecular flexibility index (Phi) is 7.78. The molecule has 0 aromatic heterocycles. The maximum Gasteiger partial charge on any atom is 0.339 e. The summed E-state index contributed by atoms with van der Waals surface area (Å²) < 4.78 is 9.52. The third kappa shape index (κ3) is 5.56. The largest absolute Gasteiger partial charge is 0.465 e. The van der Waals surface area contributed by atoms with E-state index in [1.807, 2.05) is 30.3 Å². The number of amides is 2. The van der Waals surface area contributed by atoms with E-state index < -0.39 is 23.4 Å². The Balaban J connectivity index is 1.79. The minimum atomic E-state index is -1.15. The monoisotopic (exact) mass is 453 g/mol. The second-order valence-corrected chi connectivity index (χ2v) is 7.80. The van der Waals surface area contributed by atoms with E-state index in [0.717, 1.165) is 6.54 Å². The highest BCUT2D eigenvalue weighted by molar-refractivity contribution is 6.06. The lowest BCUT2D eigenvalue weighted by atomic mass is 9.86. The van der Waals surface area contributed by atoms with Gasteiger partial charge in [-0.1, -0.05) is 30.3 Å². The minimum Gasteiger partial charge on any atom is -0.465 e. The van der Waals surface area contributed by atoms with Crippen LogP contribution in [0.5, 0.6) is 0 Å². The summed E-state index contributed by atoms with van der Waals surface area (Å²) in [5.41, 5.74) is 0.370. The van der Waals surface area contributed by atoms with E-state index in [9.17, 15) is 19.2 Å². The number of piperidine rings is 1. The molecule has 9 nitrogen and oxygen atoms in total. The molecule has 2 N–H and O–H groups in total. The van der Waals surface area contributed by atoms with Crippen LogP contribution < -0.4 is 10.6 Å². The van der Waals surface area contributed by atoms with Crippen LogP contribution in [0.2, 0.25) is 0 Å². The SMILES string of the molecule is COC(=O)c1ccc(C(=O)OC)c(NC(=O)C2(NC=O)CCN(Cc3ccccc3)CC2)c1. The van der Waals surface area contributed by atoms with Gasteiger partial charge in [0.05, 0.1) is 31.0 Å². The molecule has 2 aromatic rings. The number of esters is 2. The molecule has 0 spiro atoms. The Morgan fingerprint density at radius 1 is 1.00 bits per heavy atom.